The Morgan fingerprint density at radius 3 is 2.46 bits per heavy atom. The molecule has 0 aliphatic carbocycles. The fourth-order valence-electron chi connectivity index (χ4n) is 2.18. The van der Waals surface area contributed by atoms with E-state index >= 15 is 0 Å². The first-order valence-corrected chi connectivity index (χ1v) is 8.41. The van der Waals surface area contributed by atoms with Gasteiger partial charge in [0.1, 0.15) is 11.4 Å². The van der Waals surface area contributed by atoms with Gasteiger partial charge in [0.2, 0.25) is 0 Å². The molecule has 0 atom stereocenters. The Hall–Kier alpha value is -3.16. The number of aryl methyl sites for hydroxylation is 1. The Bertz CT molecular complexity index is 766. The molecular formula is C18H22N4O4. The molecule has 1 aromatic heterocycles. The van der Waals surface area contributed by atoms with Gasteiger partial charge in [-0.3, -0.25) is 14.4 Å². The van der Waals surface area contributed by atoms with Crippen LogP contribution in [0.1, 0.15) is 29.4 Å². The van der Waals surface area contributed by atoms with E-state index in [2.05, 4.69) is 27.8 Å². The predicted molar refractivity (Wildman–Crippen MR) is 96.1 cm³/mol. The number of ether oxygens (including phenoxy) is 1. The third-order valence-corrected chi connectivity index (χ3v) is 3.48. The molecule has 0 spiro atoms. The summed E-state index contributed by atoms with van der Waals surface area (Å²) in [7, 11) is 0. The van der Waals surface area contributed by atoms with E-state index in [-0.39, 0.29) is 36.9 Å². The maximum atomic E-state index is 11.8. The van der Waals surface area contributed by atoms with Crippen molar-refractivity contribution in [2.45, 2.75) is 19.8 Å². The molecule has 2 aromatic rings. The number of aromatic nitrogens is 2. The van der Waals surface area contributed by atoms with Crippen LogP contribution < -0.4 is 20.9 Å². The van der Waals surface area contributed by atoms with Gasteiger partial charge < -0.3 is 15.4 Å². The number of rotatable bonds is 9. The lowest BCUT2D eigenvalue weighted by atomic mass is 10.1. The highest BCUT2D eigenvalue weighted by Gasteiger charge is 2.07. The molecule has 8 heteroatoms. The van der Waals surface area contributed by atoms with Crippen molar-refractivity contribution in [3.8, 4) is 5.75 Å². The van der Waals surface area contributed by atoms with E-state index in [0.29, 0.717) is 5.75 Å². The Morgan fingerprint density at radius 1 is 1.08 bits per heavy atom. The van der Waals surface area contributed by atoms with Crippen molar-refractivity contribution in [2.75, 3.05) is 19.7 Å². The fraction of sp³-hybridized carbons (Fsp3) is 0.333. The average Bonchev–Trinajstić information content (AvgIpc) is 2.65. The summed E-state index contributed by atoms with van der Waals surface area (Å²) in [5.41, 5.74) is 0.955. The van der Waals surface area contributed by atoms with E-state index in [1.807, 2.05) is 24.3 Å². The van der Waals surface area contributed by atoms with Gasteiger partial charge in [-0.15, -0.1) is 0 Å². The molecule has 0 saturated carbocycles. The Balaban J connectivity index is 1.63. The summed E-state index contributed by atoms with van der Waals surface area (Å²) in [6.45, 7) is 2.51. The molecule has 0 saturated heterocycles. The molecule has 1 aromatic carbocycles. The van der Waals surface area contributed by atoms with Crippen LogP contribution in [0.15, 0.2) is 41.2 Å². The van der Waals surface area contributed by atoms with Crippen molar-refractivity contribution in [3.05, 3.63) is 58.0 Å². The Labute approximate surface area is 151 Å². The van der Waals surface area contributed by atoms with Gasteiger partial charge in [-0.05, 0) is 30.2 Å². The molecule has 0 unspecified atom stereocenters. The Kier molecular flexibility index (Phi) is 7.35. The first kappa shape index (κ1) is 19.2. The molecule has 8 nitrogen and oxygen atoms in total. The van der Waals surface area contributed by atoms with Crippen molar-refractivity contribution in [1.29, 1.82) is 0 Å². The van der Waals surface area contributed by atoms with Crippen molar-refractivity contribution in [1.82, 2.24) is 20.8 Å². The molecule has 0 aliphatic rings. The molecule has 2 rings (SSSR count). The number of hydrogen-bond donors (Lipinski definition) is 3. The van der Waals surface area contributed by atoms with Crippen LogP contribution in [-0.2, 0) is 11.2 Å². The first-order chi connectivity index (χ1) is 12.6. The normalized spacial score (nSPS) is 10.2. The number of nitrogens with one attached hydrogen (secondary N) is 3. The number of H-pyrrole nitrogens is 1. The van der Waals surface area contributed by atoms with Crippen molar-refractivity contribution < 1.29 is 14.3 Å². The lowest BCUT2D eigenvalue weighted by Crippen LogP contribution is -2.37. The van der Waals surface area contributed by atoms with Crippen LogP contribution in [0.2, 0.25) is 0 Å². The number of aromatic amines is 1. The summed E-state index contributed by atoms with van der Waals surface area (Å²) in [4.78, 5) is 34.4. The molecule has 0 fully saturated rings. The largest absolute Gasteiger partial charge is 0.484 e. The van der Waals surface area contributed by atoms with E-state index < -0.39 is 5.91 Å². The highest BCUT2D eigenvalue weighted by atomic mass is 16.5. The molecule has 2 amide bonds. The number of nitrogens with zero attached hydrogens (tertiary/aromatic N) is 1. The van der Waals surface area contributed by atoms with E-state index in [1.165, 1.54) is 17.7 Å². The molecule has 26 heavy (non-hydrogen) atoms. The summed E-state index contributed by atoms with van der Waals surface area (Å²) < 4.78 is 5.42. The van der Waals surface area contributed by atoms with Crippen LogP contribution in [0, 0.1) is 0 Å². The number of benzene rings is 1. The number of carbonyl (C=O) groups excluding carboxylic acids is 2. The zero-order chi connectivity index (χ0) is 18.8. The van der Waals surface area contributed by atoms with Gasteiger partial charge in [-0.25, -0.2) is 5.10 Å². The summed E-state index contributed by atoms with van der Waals surface area (Å²) >= 11 is 0. The maximum Gasteiger partial charge on any atom is 0.271 e. The minimum Gasteiger partial charge on any atom is -0.484 e. The lowest BCUT2D eigenvalue weighted by Gasteiger charge is -2.09. The standard InChI is InChI=1S/C18H22N4O4/c1-2-3-13-4-6-14(7-5-13)26-12-17(24)19-10-11-20-18(25)15-8-9-16(23)22-21-15/h4-9H,2-3,10-12H2,1H3,(H,19,24)(H,20,25)(H,22,23). The third kappa shape index (κ3) is 6.39. The van der Waals surface area contributed by atoms with Crippen molar-refractivity contribution in [2.24, 2.45) is 0 Å². The monoisotopic (exact) mass is 358 g/mol. The summed E-state index contributed by atoms with van der Waals surface area (Å²) in [5, 5.41) is 11.0. The minimum atomic E-state index is -0.432. The zero-order valence-electron chi connectivity index (χ0n) is 14.6. The van der Waals surface area contributed by atoms with Gasteiger partial charge in [0.15, 0.2) is 6.61 Å². The van der Waals surface area contributed by atoms with Gasteiger partial charge in [0.25, 0.3) is 17.4 Å². The SMILES string of the molecule is CCCc1ccc(OCC(=O)NCCNC(=O)c2ccc(=O)[nH]n2)cc1. The second kappa shape index (κ2) is 9.97. The highest BCUT2D eigenvalue weighted by Crippen LogP contribution is 2.13. The Morgan fingerprint density at radius 2 is 1.81 bits per heavy atom. The van der Waals surface area contributed by atoms with Gasteiger partial charge in [-0.1, -0.05) is 25.5 Å². The average molecular weight is 358 g/mol. The van der Waals surface area contributed by atoms with Crippen molar-refractivity contribution >= 4 is 11.8 Å². The van der Waals surface area contributed by atoms with Gasteiger partial charge >= 0.3 is 0 Å². The van der Waals surface area contributed by atoms with Crippen molar-refractivity contribution in [3.63, 3.8) is 0 Å². The molecule has 0 aliphatic heterocycles. The first-order valence-electron chi connectivity index (χ1n) is 8.41. The summed E-state index contributed by atoms with van der Waals surface area (Å²) in [6.07, 6.45) is 2.10. The fourth-order valence-corrected chi connectivity index (χ4v) is 2.18. The van der Waals surface area contributed by atoms with E-state index in [4.69, 9.17) is 4.74 Å². The molecule has 138 valence electrons. The van der Waals surface area contributed by atoms with Gasteiger partial charge in [0, 0.05) is 19.2 Å². The van der Waals surface area contributed by atoms with Crippen LogP contribution >= 0.6 is 0 Å². The summed E-state index contributed by atoms with van der Waals surface area (Å²) in [6, 6.07) is 10.2. The van der Waals surface area contributed by atoms with Crippen LogP contribution in [-0.4, -0.2) is 41.7 Å². The number of amides is 2. The van der Waals surface area contributed by atoms with E-state index in [9.17, 15) is 14.4 Å². The highest BCUT2D eigenvalue weighted by molar-refractivity contribution is 5.92. The van der Waals surface area contributed by atoms with Crippen LogP contribution in [0.4, 0.5) is 0 Å². The zero-order valence-corrected chi connectivity index (χ0v) is 14.6. The van der Waals surface area contributed by atoms with Gasteiger partial charge in [-0.2, -0.15) is 5.10 Å². The molecular weight excluding hydrogens is 336 g/mol. The molecule has 0 radical (unpaired) electrons. The molecule has 3 N–H and O–H groups in total. The second-order valence-electron chi connectivity index (χ2n) is 5.59. The van der Waals surface area contributed by atoms with Crippen LogP contribution in [0.25, 0.3) is 0 Å². The smallest absolute Gasteiger partial charge is 0.271 e. The predicted octanol–water partition coefficient (Wildman–Crippen LogP) is 0.647. The maximum absolute atomic E-state index is 11.8. The molecule has 0 bridgehead atoms. The van der Waals surface area contributed by atoms with E-state index in [0.717, 1.165) is 12.8 Å². The second-order valence-corrected chi connectivity index (χ2v) is 5.59. The van der Waals surface area contributed by atoms with Crippen LogP contribution in [0.5, 0.6) is 5.75 Å². The molecule has 1 heterocycles. The summed E-state index contributed by atoms with van der Waals surface area (Å²) in [5.74, 6) is -0.0737. The minimum absolute atomic E-state index is 0.0947. The lowest BCUT2D eigenvalue weighted by molar-refractivity contribution is -0.123. The topological polar surface area (TPSA) is 113 Å². The number of hydrogen-bond acceptors (Lipinski definition) is 5. The quantitative estimate of drug-likeness (QED) is 0.570. The van der Waals surface area contributed by atoms with E-state index in [1.54, 1.807) is 0 Å². The van der Waals surface area contributed by atoms with Crippen LogP contribution in [0.3, 0.4) is 0 Å². The number of carbonyl (C=O) groups is 2. The third-order valence-electron chi connectivity index (χ3n) is 3.48. The van der Waals surface area contributed by atoms with Gasteiger partial charge in [0.05, 0.1) is 0 Å².